The van der Waals surface area contributed by atoms with Crippen LogP contribution in [-0.4, -0.2) is 16.3 Å². The van der Waals surface area contributed by atoms with Crippen LogP contribution in [0.25, 0.3) is 0 Å². The zero-order valence-corrected chi connectivity index (χ0v) is 12.9. The number of nitriles is 1. The monoisotopic (exact) mass is 299 g/mol. The molecule has 0 bridgehead atoms. The van der Waals surface area contributed by atoms with Crippen LogP contribution in [0.3, 0.4) is 0 Å². The third-order valence-electron chi connectivity index (χ3n) is 3.37. The maximum atomic E-state index is 8.14. The molecule has 3 rings (SSSR count). The van der Waals surface area contributed by atoms with Crippen molar-refractivity contribution < 1.29 is 0 Å². The van der Waals surface area contributed by atoms with E-state index in [1.54, 1.807) is 23.3 Å². The van der Waals surface area contributed by atoms with Crippen LogP contribution in [0.5, 0.6) is 0 Å². The fraction of sp³-hybridized carbons (Fsp3) is 0.0526. The normalized spacial score (nSPS) is 9.17. The van der Waals surface area contributed by atoms with Gasteiger partial charge in [0.1, 0.15) is 6.54 Å². The summed E-state index contributed by atoms with van der Waals surface area (Å²) < 4.78 is 1.71. The quantitative estimate of drug-likeness (QED) is 0.694. The van der Waals surface area contributed by atoms with Crippen molar-refractivity contribution in [1.29, 1.82) is 5.26 Å². The average Bonchev–Trinajstić information content (AvgIpc) is 3.12. The van der Waals surface area contributed by atoms with Gasteiger partial charge in [0, 0.05) is 12.4 Å². The molecule has 112 valence electrons. The molecular weight excluding hydrogens is 281 g/mol. The second-order valence-electron chi connectivity index (χ2n) is 4.93. The Morgan fingerprint density at radius 3 is 2.00 bits per heavy atom. The molecule has 0 N–H and O–H groups in total. The molecule has 0 saturated carbocycles. The summed E-state index contributed by atoms with van der Waals surface area (Å²) in [5, 5.41) is 8.14. The van der Waals surface area contributed by atoms with Crippen molar-refractivity contribution in [2.75, 3.05) is 0 Å². The Bertz CT molecular complexity index is 692. The van der Waals surface area contributed by atoms with Crippen molar-refractivity contribution in [2.24, 2.45) is 0 Å². The third-order valence-corrected chi connectivity index (χ3v) is 3.37. The Kier molecular flexibility index (Phi) is 6.43. The summed E-state index contributed by atoms with van der Waals surface area (Å²) in [6.07, 6.45) is 5.02. The van der Waals surface area contributed by atoms with Crippen LogP contribution in [0.15, 0.2) is 91.9 Å². The van der Waals surface area contributed by atoms with Gasteiger partial charge in [0.15, 0.2) is 0 Å². The molecule has 3 nitrogen and oxygen atoms in total. The summed E-state index contributed by atoms with van der Waals surface area (Å²) in [5.41, 5.74) is 2.58. The molecule has 0 fully saturated rings. The fourth-order valence-electron chi connectivity index (χ4n) is 2.25. The average molecular weight is 299 g/mol. The van der Waals surface area contributed by atoms with Gasteiger partial charge in [0.25, 0.3) is 0 Å². The molecule has 4 heteroatoms. The van der Waals surface area contributed by atoms with E-state index in [2.05, 4.69) is 60.1 Å². The highest BCUT2D eigenvalue weighted by Crippen LogP contribution is 1.93. The van der Waals surface area contributed by atoms with Crippen LogP contribution in [0.2, 0.25) is 0 Å². The highest BCUT2D eigenvalue weighted by atomic mass is 15.0. The molecule has 0 aliphatic carbocycles. The minimum atomic E-state index is 0.299. The van der Waals surface area contributed by atoms with Crippen LogP contribution >= 0.6 is 0 Å². The first-order valence-electron chi connectivity index (χ1n) is 7.40. The summed E-state index contributed by atoms with van der Waals surface area (Å²) in [7, 11) is 0. The fourth-order valence-corrected chi connectivity index (χ4v) is 2.25. The standard InChI is InChI=1S/C14H13B.C5H5N3/c1-2-15(13-9-5-3-6-10-13)14-11-7-4-8-12-14;6-1-3-8-4-2-7-5-8/h2-12H,1H2;2,4-5H,3H2. The van der Waals surface area contributed by atoms with Gasteiger partial charge in [-0.3, -0.25) is 0 Å². The number of rotatable bonds is 4. The Morgan fingerprint density at radius 2 is 1.61 bits per heavy atom. The molecule has 1 heterocycles. The maximum absolute atomic E-state index is 8.14. The number of hydrogen-bond donors (Lipinski definition) is 0. The van der Waals surface area contributed by atoms with E-state index in [-0.39, 0.29) is 0 Å². The predicted octanol–water partition coefficient (Wildman–Crippen LogP) is 2.43. The number of imidazole rings is 1. The van der Waals surface area contributed by atoms with E-state index in [1.165, 1.54) is 10.9 Å². The minimum absolute atomic E-state index is 0.299. The molecule has 0 saturated heterocycles. The summed E-state index contributed by atoms with van der Waals surface area (Å²) in [5.74, 6) is 1.99. The minimum Gasteiger partial charge on any atom is -0.324 e. The highest BCUT2D eigenvalue weighted by Gasteiger charge is 2.13. The summed E-state index contributed by atoms with van der Waals surface area (Å²) in [6, 6.07) is 22.9. The van der Waals surface area contributed by atoms with Crippen molar-refractivity contribution in [2.45, 2.75) is 6.54 Å². The van der Waals surface area contributed by atoms with Gasteiger partial charge in [0.2, 0.25) is 6.71 Å². The van der Waals surface area contributed by atoms with Crippen LogP contribution in [0, 0.1) is 11.3 Å². The van der Waals surface area contributed by atoms with E-state index in [4.69, 9.17) is 5.26 Å². The lowest BCUT2D eigenvalue weighted by molar-refractivity contribution is 0.830. The van der Waals surface area contributed by atoms with Crippen molar-refractivity contribution >= 4 is 17.6 Å². The van der Waals surface area contributed by atoms with E-state index in [9.17, 15) is 0 Å². The number of aromatic nitrogens is 2. The summed E-state index contributed by atoms with van der Waals surface area (Å²) in [4.78, 5) is 3.75. The zero-order valence-electron chi connectivity index (χ0n) is 12.9. The Balaban J connectivity index is 0.000000203. The van der Waals surface area contributed by atoms with Gasteiger partial charge in [-0.2, -0.15) is 5.26 Å². The van der Waals surface area contributed by atoms with Gasteiger partial charge in [-0.25, -0.2) is 4.98 Å². The van der Waals surface area contributed by atoms with Crippen molar-refractivity contribution in [3.63, 3.8) is 0 Å². The van der Waals surface area contributed by atoms with Gasteiger partial charge in [-0.15, -0.1) is 12.6 Å². The van der Waals surface area contributed by atoms with Crippen LogP contribution < -0.4 is 10.9 Å². The van der Waals surface area contributed by atoms with Gasteiger partial charge in [-0.05, 0) is 0 Å². The van der Waals surface area contributed by atoms with Gasteiger partial charge in [0.05, 0.1) is 12.4 Å². The molecule has 0 amide bonds. The molecule has 0 spiro atoms. The van der Waals surface area contributed by atoms with Crippen molar-refractivity contribution in [1.82, 2.24) is 9.55 Å². The van der Waals surface area contributed by atoms with E-state index in [0.29, 0.717) is 13.3 Å². The predicted molar refractivity (Wildman–Crippen MR) is 95.9 cm³/mol. The molecule has 0 radical (unpaired) electrons. The summed E-state index contributed by atoms with van der Waals surface area (Å²) in [6.45, 7) is 4.60. The highest BCUT2D eigenvalue weighted by molar-refractivity contribution is 6.89. The lowest BCUT2D eigenvalue weighted by Gasteiger charge is -2.09. The molecule has 0 unspecified atom stereocenters. The Morgan fingerprint density at radius 1 is 1.04 bits per heavy atom. The lowest BCUT2D eigenvalue weighted by Crippen LogP contribution is -2.40. The van der Waals surface area contributed by atoms with Gasteiger partial charge < -0.3 is 4.57 Å². The first-order valence-corrected chi connectivity index (χ1v) is 7.40. The second-order valence-corrected chi connectivity index (χ2v) is 4.93. The molecule has 3 aromatic rings. The molecular formula is C19H18BN3. The molecule has 0 aliphatic heterocycles. The smallest absolute Gasteiger partial charge is 0.233 e. The van der Waals surface area contributed by atoms with E-state index in [0.717, 1.165) is 0 Å². The van der Waals surface area contributed by atoms with Crippen molar-refractivity contribution in [3.8, 4) is 6.07 Å². The second kappa shape index (κ2) is 9.06. The Hall–Kier alpha value is -3.06. The number of nitrogens with zero attached hydrogens (tertiary/aromatic N) is 3. The van der Waals surface area contributed by atoms with E-state index in [1.807, 2.05) is 24.2 Å². The van der Waals surface area contributed by atoms with Crippen LogP contribution in [0.1, 0.15) is 0 Å². The Labute approximate surface area is 137 Å². The van der Waals surface area contributed by atoms with E-state index >= 15 is 0 Å². The number of benzene rings is 2. The summed E-state index contributed by atoms with van der Waals surface area (Å²) >= 11 is 0. The molecule has 23 heavy (non-hydrogen) atoms. The lowest BCUT2D eigenvalue weighted by atomic mass is 9.41. The third kappa shape index (κ3) is 5.01. The maximum Gasteiger partial charge on any atom is 0.233 e. The van der Waals surface area contributed by atoms with E-state index < -0.39 is 0 Å². The van der Waals surface area contributed by atoms with Crippen LogP contribution in [0.4, 0.5) is 0 Å². The topological polar surface area (TPSA) is 41.6 Å². The molecule has 0 aliphatic rings. The molecule has 2 aromatic carbocycles. The first kappa shape index (κ1) is 16.3. The van der Waals surface area contributed by atoms with Crippen LogP contribution in [-0.2, 0) is 6.54 Å². The zero-order chi connectivity index (χ0) is 16.3. The number of hydrogen-bond acceptors (Lipinski definition) is 2. The van der Waals surface area contributed by atoms with Crippen molar-refractivity contribution in [3.05, 3.63) is 91.9 Å². The van der Waals surface area contributed by atoms with Gasteiger partial charge >= 0.3 is 0 Å². The molecule has 0 atom stereocenters. The SMILES string of the molecule is C=CB(c1ccccc1)c1ccccc1.N#CCn1ccnc1. The first-order chi connectivity index (χ1) is 11.3. The molecule has 1 aromatic heterocycles. The van der Waals surface area contributed by atoms with Gasteiger partial charge in [-0.1, -0.05) is 71.6 Å². The largest absolute Gasteiger partial charge is 0.324 e.